The molecule has 1 aliphatic carbocycles. The third-order valence-corrected chi connectivity index (χ3v) is 7.08. The zero-order chi connectivity index (χ0) is 25.0. The SMILES string of the molecule is NS(=O)(=O)OCC1C[C@@H](Nc2ccnc3cc(-c4cccc5c4oc4ccccc45)nn23)[C@H](O)[C@@H]1O. The number of aromatic nitrogens is 3. The van der Waals surface area contributed by atoms with Crippen LogP contribution >= 0.6 is 0 Å². The van der Waals surface area contributed by atoms with E-state index in [-0.39, 0.29) is 13.0 Å². The quantitative estimate of drug-likeness (QED) is 0.268. The maximum atomic E-state index is 11.1. The molecule has 1 saturated carbocycles. The molecule has 0 saturated heterocycles. The van der Waals surface area contributed by atoms with Crippen LogP contribution in [0.4, 0.5) is 5.82 Å². The number of rotatable bonds is 6. The standard InChI is InChI=1S/C24H23N5O6S/c25-36(32,33)34-12-13-10-18(23(31)22(13)30)27-20-8-9-26-21-11-17(28-29(20)21)16-6-3-5-15-14-4-1-2-7-19(14)35-24(15)16/h1-9,11,13,18,22-23,27,30-31H,10,12H2,(H2,25,32,33)/t13?,18-,22-,23+/m1/s1. The molecule has 0 bridgehead atoms. The first-order valence-electron chi connectivity index (χ1n) is 11.3. The molecule has 4 atom stereocenters. The summed E-state index contributed by atoms with van der Waals surface area (Å²) < 4.78 is 34.6. The molecule has 0 radical (unpaired) electrons. The molecule has 5 N–H and O–H groups in total. The van der Waals surface area contributed by atoms with Crippen LogP contribution in [0.1, 0.15) is 6.42 Å². The van der Waals surface area contributed by atoms with Crippen molar-refractivity contribution < 1.29 is 27.2 Å². The average molecular weight is 510 g/mol. The maximum Gasteiger partial charge on any atom is 0.333 e. The van der Waals surface area contributed by atoms with Gasteiger partial charge in [-0.25, -0.2) is 10.1 Å². The first-order valence-corrected chi connectivity index (χ1v) is 12.8. The van der Waals surface area contributed by atoms with Gasteiger partial charge in [-0.3, -0.25) is 4.18 Å². The van der Waals surface area contributed by atoms with Crippen LogP contribution in [0.5, 0.6) is 0 Å². The summed E-state index contributed by atoms with van der Waals surface area (Å²) in [7, 11) is -4.15. The lowest BCUT2D eigenvalue weighted by molar-refractivity contribution is 0.00777. The molecule has 3 aromatic heterocycles. The maximum absolute atomic E-state index is 11.1. The van der Waals surface area contributed by atoms with Gasteiger partial charge in [0.1, 0.15) is 23.1 Å². The first-order chi connectivity index (χ1) is 17.3. The molecule has 186 valence electrons. The number of benzene rings is 2. The number of para-hydroxylation sites is 2. The molecule has 1 fully saturated rings. The van der Waals surface area contributed by atoms with Gasteiger partial charge in [-0.1, -0.05) is 30.3 Å². The van der Waals surface area contributed by atoms with Crippen LogP contribution in [-0.4, -0.2) is 58.1 Å². The van der Waals surface area contributed by atoms with Crippen molar-refractivity contribution in [3.05, 3.63) is 60.8 Å². The molecule has 2 aromatic carbocycles. The molecule has 0 aliphatic heterocycles. The number of aliphatic hydroxyl groups excluding tert-OH is 2. The molecular formula is C24H23N5O6S. The van der Waals surface area contributed by atoms with Crippen LogP contribution in [0.3, 0.4) is 0 Å². The number of nitrogens with two attached hydrogens (primary N) is 1. The second-order valence-corrected chi connectivity index (χ2v) is 10.1. The second kappa shape index (κ2) is 8.54. The van der Waals surface area contributed by atoms with Crippen LogP contribution in [0.15, 0.2) is 65.2 Å². The Morgan fingerprint density at radius 3 is 2.75 bits per heavy atom. The number of fused-ring (bicyclic) bond motifs is 4. The summed E-state index contributed by atoms with van der Waals surface area (Å²) in [6, 6.07) is 16.7. The van der Waals surface area contributed by atoms with Crippen molar-refractivity contribution in [2.45, 2.75) is 24.7 Å². The van der Waals surface area contributed by atoms with Gasteiger partial charge in [0, 0.05) is 34.5 Å². The van der Waals surface area contributed by atoms with E-state index in [9.17, 15) is 18.6 Å². The molecule has 0 spiro atoms. The van der Waals surface area contributed by atoms with Crippen molar-refractivity contribution in [2.24, 2.45) is 11.1 Å². The van der Waals surface area contributed by atoms with Gasteiger partial charge in [0.25, 0.3) is 0 Å². The third-order valence-electron chi connectivity index (χ3n) is 6.62. The Morgan fingerprint density at radius 1 is 1.11 bits per heavy atom. The monoisotopic (exact) mass is 509 g/mol. The molecular weight excluding hydrogens is 486 g/mol. The summed E-state index contributed by atoms with van der Waals surface area (Å²) in [6.07, 6.45) is -0.458. The van der Waals surface area contributed by atoms with E-state index in [0.717, 1.165) is 27.5 Å². The normalized spacial score (nSPS) is 22.6. The highest BCUT2D eigenvalue weighted by atomic mass is 32.2. The van der Waals surface area contributed by atoms with Gasteiger partial charge in [0.05, 0.1) is 24.4 Å². The van der Waals surface area contributed by atoms with Gasteiger partial charge < -0.3 is 19.9 Å². The molecule has 6 rings (SSSR count). The molecule has 0 amide bonds. The Labute approximate surface area is 205 Å². The van der Waals surface area contributed by atoms with Crippen molar-refractivity contribution in [2.75, 3.05) is 11.9 Å². The largest absolute Gasteiger partial charge is 0.455 e. The molecule has 3 heterocycles. The van der Waals surface area contributed by atoms with Gasteiger partial charge in [-0.15, -0.1) is 0 Å². The minimum atomic E-state index is -4.15. The van der Waals surface area contributed by atoms with Gasteiger partial charge >= 0.3 is 10.3 Å². The first kappa shape index (κ1) is 22.9. The number of anilines is 1. The number of furan rings is 1. The number of hydrogen-bond donors (Lipinski definition) is 4. The van der Waals surface area contributed by atoms with Crippen LogP contribution in [-0.2, 0) is 14.5 Å². The predicted molar refractivity (Wildman–Crippen MR) is 132 cm³/mol. The predicted octanol–water partition coefficient (Wildman–Crippen LogP) is 2.04. The lowest BCUT2D eigenvalue weighted by Gasteiger charge is -2.19. The Balaban J connectivity index is 1.33. The van der Waals surface area contributed by atoms with Crippen molar-refractivity contribution in [3.63, 3.8) is 0 Å². The van der Waals surface area contributed by atoms with Crippen molar-refractivity contribution in [1.82, 2.24) is 14.6 Å². The lowest BCUT2D eigenvalue weighted by Crippen LogP contribution is -2.36. The Hall–Kier alpha value is -3.55. The van der Waals surface area contributed by atoms with Gasteiger partial charge in [0.2, 0.25) is 0 Å². The molecule has 5 aromatic rings. The molecule has 36 heavy (non-hydrogen) atoms. The highest BCUT2D eigenvalue weighted by Crippen LogP contribution is 2.36. The summed E-state index contributed by atoms with van der Waals surface area (Å²) >= 11 is 0. The van der Waals surface area contributed by atoms with E-state index >= 15 is 0 Å². The molecule has 12 heteroatoms. The van der Waals surface area contributed by atoms with E-state index < -0.39 is 34.5 Å². The van der Waals surface area contributed by atoms with Crippen LogP contribution in [0.25, 0.3) is 38.8 Å². The minimum absolute atomic E-state index is 0.258. The van der Waals surface area contributed by atoms with E-state index in [1.54, 1.807) is 16.8 Å². The van der Waals surface area contributed by atoms with Crippen LogP contribution in [0.2, 0.25) is 0 Å². The number of nitrogens with one attached hydrogen (secondary N) is 1. The third kappa shape index (κ3) is 3.98. The van der Waals surface area contributed by atoms with E-state index in [1.165, 1.54) is 0 Å². The van der Waals surface area contributed by atoms with E-state index in [2.05, 4.69) is 14.5 Å². The Kier molecular flexibility index (Phi) is 5.43. The van der Waals surface area contributed by atoms with Crippen molar-refractivity contribution in [1.29, 1.82) is 0 Å². The Morgan fingerprint density at radius 2 is 1.92 bits per heavy atom. The summed E-state index contributed by atoms with van der Waals surface area (Å²) in [6.45, 7) is -0.325. The summed E-state index contributed by atoms with van der Waals surface area (Å²) in [4.78, 5) is 4.41. The van der Waals surface area contributed by atoms with E-state index in [4.69, 9.17) is 14.7 Å². The van der Waals surface area contributed by atoms with Gasteiger partial charge in [0.15, 0.2) is 5.65 Å². The van der Waals surface area contributed by atoms with E-state index in [0.29, 0.717) is 17.2 Å². The topological polar surface area (TPSA) is 165 Å². The van der Waals surface area contributed by atoms with Crippen LogP contribution < -0.4 is 10.5 Å². The zero-order valence-corrected chi connectivity index (χ0v) is 19.7. The number of aliphatic hydroxyl groups is 2. The second-order valence-electron chi connectivity index (χ2n) is 8.92. The van der Waals surface area contributed by atoms with Gasteiger partial charge in [-0.05, 0) is 24.6 Å². The highest BCUT2D eigenvalue weighted by Gasteiger charge is 2.42. The smallest absolute Gasteiger partial charge is 0.333 e. The fraction of sp³-hybridized carbons (Fsp3) is 0.250. The lowest BCUT2D eigenvalue weighted by atomic mass is 10.1. The van der Waals surface area contributed by atoms with E-state index in [1.807, 2.05) is 48.5 Å². The summed E-state index contributed by atoms with van der Waals surface area (Å²) in [5.41, 5.74) is 3.57. The van der Waals surface area contributed by atoms with Crippen LogP contribution in [0, 0.1) is 5.92 Å². The summed E-state index contributed by atoms with van der Waals surface area (Å²) in [5.74, 6) is -0.0701. The zero-order valence-electron chi connectivity index (χ0n) is 18.9. The average Bonchev–Trinajstić information content (AvgIpc) is 3.53. The molecule has 11 nitrogen and oxygen atoms in total. The molecule has 1 aliphatic rings. The fourth-order valence-electron chi connectivity index (χ4n) is 4.89. The van der Waals surface area contributed by atoms with Crippen molar-refractivity contribution in [3.8, 4) is 11.3 Å². The highest BCUT2D eigenvalue weighted by molar-refractivity contribution is 7.84. The summed E-state index contributed by atoms with van der Waals surface area (Å²) in [5, 5.41) is 35.8. The number of hydrogen-bond acceptors (Lipinski definition) is 9. The minimum Gasteiger partial charge on any atom is -0.455 e. The fourth-order valence-corrected chi connectivity index (χ4v) is 5.25. The van der Waals surface area contributed by atoms with Crippen molar-refractivity contribution >= 4 is 43.7 Å². The molecule has 1 unspecified atom stereocenters. The Bertz CT molecular complexity index is 1700. The number of nitrogens with zero attached hydrogens (tertiary/aromatic N) is 3. The van der Waals surface area contributed by atoms with Gasteiger partial charge in [-0.2, -0.15) is 18.0 Å².